The summed E-state index contributed by atoms with van der Waals surface area (Å²) in [7, 11) is -3.74. The topological polar surface area (TPSA) is 52.6 Å². The summed E-state index contributed by atoms with van der Waals surface area (Å²) in [5.41, 5.74) is 1.99. The average Bonchev–Trinajstić information content (AvgIpc) is 2.56. The molecule has 0 saturated carbocycles. The Balaban J connectivity index is 1.59. The van der Waals surface area contributed by atoms with E-state index in [-0.39, 0.29) is 17.6 Å². The van der Waals surface area contributed by atoms with Gasteiger partial charge in [-0.2, -0.15) is 8.42 Å². The third-order valence-electron chi connectivity index (χ3n) is 3.71. The summed E-state index contributed by atoms with van der Waals surface area (Å²) in [6.45, 7) is 1.96. The molecule has 126 valence electrons. The predicted molar refractivity (Wildman–Crippen MR) is 96.5 cm³/mol. The SMILES string of the molecule is Cc1ccc(S(=O)(=O)OCCC2C=Cc3cccc(Br)c3O2)cc1. The molecular weight excluding hydrogens is 392 g/mol. The Labute approximate surface area is 150 Å². The van der Waals surface area contributed by atoms with Gasteiger partial charge in [0, 0.05) is 12.0 Å². The molecule has 0 saturated heterocycles. The van der Waals surface area contributed by atoms with Gasteiger partial charge in [-0.1, -0.05) is 35.9 Å². The van der Waals surface area contributed by atoms with Crippen LogP contribution in [0, 0.1) is 6.92 Å². The van der Waals surface area contributed by atoms with Gasteiger partial charge in [0.05, 0.1) is 16.0 Å². The second kappa shape index (κ2) is 7.09. The van der Waals surface area contributed by atoms with Crippen molar-refractivity contribution in [2.75, 3.05) is 6.61 Å². The number of para-hydroxylation sites is 1. The molecule has 4 nitrogen and oxygen atoms in total. The van der Waals surface area contributed by atoms with Crippen LogP contribution >= 0.6 is 15.9 Å². The highest BCUT2D eigenvalue weighted by molar-refractivity contribution is 9.10. The van der Waals surface area contributed by atoms with Crippen molar-refractivity contribution in [3.8, 4) is 5.75 Å². The first-order valence-corrected chi connectivity index (χ1v) is 9.75. The van der Waals surface area contributed by atoms with Gasteiger partial charge < -0.3 is 4.74 Å². The number of ether oxygens (including phenoxy) is 1. The zero-order valence-electron chi connectivity index (χ0n) is 13.1. The van der Waals surface area contributed by atoms with Crippen LogP contribution < -0.4 is 4.74 Å². The Kier molecular flexibility index (Phi) is 5.08. The van der Waals surface area contributed by atoms with Crippen LogP contribution in [0.25, 0.3) is 6.08 Å². The average molecular weight is 409 g/mol. The van der Waals surface area contributed by atoms with Crippen molar-refractivity contribution in [3.05, 3.63) is 64.1 Å². The van der Waals surface area contributed by atoms with Crippen molar-refractivity contribution in [1.29, 1.82) is 0 Å². The van der Waals surface area contributed by atoms with Crippen molar-refractivity contribution < 1.29 is 17.3 Å². The molecule has 24 heavy (non-hydrogen) atoms. The zero-order chi connectivity index (χ0) is 17.2. The van der Waals surface area contributed by atoms with Crippen LogP contribution in [-0.4, -0.2) is 21.1 Å². The van der Waals surface area contributed by atoms with Gasteiger partial charge in [-0.3, -0.25) is 4.18 Å². The summed E-state index contributed by atoms with van der Waals surface area (Å²) in [5.74, 6) is 0.770. The highest BCUT2D eigenvalue weighted by Gasteiger charge is 2.19. The predicted octanol–water partition coefficient (Wildman–Crippen LogP) is 4.33. The monoisotopic (exact) mass is 408 g/mol. The maximum atomic E-state index is 12.1. The van der Waals surface area contributed by atoms with Crippen molar-refractivity contribution >= 4 is 32.1 Å². The lowest BCUT2D eigenvalue weighted by Gasteiger charge is -2.22. The van der Waals surface area contributed by atoms with Gasteiger partial charge in [0.2, 0.25) is 0 Å². The number of hydrogen-bond acceptors (Lipinski definition) is 4. The lowest BCUT2D eigenvalue weighted by Crippen LogP contribution is -2.20. The molecule has 2 aromatic carbocycles. The van der Waals surface area contributed by atoms with Crippen LogP contribution in [0.5, 0.6) is 5.75 Å². The summed E-state index contributed by atoms with van der Waals surface area (Å²) in [5, 5.41) is 0. The third kappa shape index (κ3) is 3.88. The van der Waals surface area contributed by atoms with Crippen LogP contribution in [0.3, 0.4) is 0 Å². The molecule has 0 aliphatic carbocycles. The highest BCUT2D eigenvalue weighted by atomic mass is 79.9. The Morgan fingerprint density at radius 2 is 1.92 bits per heavy atom. The normalized spacial score (nSPS) is 16.5. The Morgan fingerprint density at radius 1 is 1.17 bits per heavy atom. The molecular formula is C18H17BrO4S. The first-order chi connectivity index (χ1) is 11.5. The lowest BCUT2D eigenvalue weighted by atomic mass is 10.1. The van der Waals surface area contributed by atoms with Crippen molar-refractivity contribution in [2.24, 2.45) is 0 Å². The maximum Gasteiger partial charge on any atom is 0.296 e. The van der Waals surface area contributed by atoms with E-state index in [9.17, 15) is 8.42 Å². The molecule has 1 unspecified atom stereocenters. The maximum absolute atomic E-state index is 12.1. The molecule has 6 heteroatoms. The Morgan fingerprint density at radius 3 is 2.67 bits per heavy atom. The number of hydrogen-bond donors (Lipinski definition) is 0. The van der Waals surface area contributed by atoms with Crippen molar-refractivity contribution in [2.45, 2.75) is 24.3 Å². The summed E-state index contributed by atoms with van der Waals surface area (Å²) < 4.78 is 36.2. The molecule has 0 radical (unpaired) electrons. The van der Waals surface area contributed by atoms with E-state index in [0.29, 0.717) is 6.42 Å². The molecule has 2 aromatic rings. The zero-order valence-corrected chi connectivity index (χ0v) is 15.5. The van der Waals surface area contributed by atoms with Gasteiger partial charge >= 0.3 is 0 Å². The van der Waals surface area contributed by atoms with E-state index in [1.807, 2.05) is 37.3 Å². The fourth-order valence-corrected chi connectivity index (χ4v) is 3.78. The first kappa shape index (κ1) is 17.2. The minimum Gasteiger partial charge on any atom is -0.484 e. The molecule has 0 N–H and O–H groups in total. The minimum absolute atomic E-state index is 0.0605. The van der Waals surface area contributed by atoms with Gasteiger partial charge in [-0.05, 0) is 47.1 Å². The van der Waals surface area contributed by atoms with E-state index >= 15 is 0 Å². The molecule has 1 atom stereocenters. The molecule has 1 aliphatic rings. The second-order valence-corrected chi connectivity index (χ2v) is 8.02. The van der Waals surface area contributed by atoms with E-state index < -0.39 is 10.1 Å². The molecule has 0 fully saturated rings. The van der Waals surface area contributed by atoms with Gasteiger partial charge in [0.25, 0.3) is 10.1 Å². The molecule has 0 amide bonds. The number of fused-ring (bicyclic) bond motifs is 1. The Bertz CT molecular complexity index is 857. The first-order valence-electron chi connectivity index (χ1n) is 7.55. The van der Waals surface area contributed by atoms with Crippen LogP contribution in [0.15, 0.2) is 57.9 Å². The molecule has 1 heterocycles. The van der Waals surface area contributed by atoms with E-state index in [1.165, 1.54) is 0 Å². The number of benzene rings is 2. The fraction of sp³-hybridized carbons (Fsp3) is 0.222. The van der Waals surface area contributed by atoms with E-state index in [0.717, 1.165) is 21.3 Å². The third-order valence-corrected chi connectivity index (χ3v) is 5.66. The largest absolute Gasteiger partial charge is 0.484 e. The van der Waals surface area contributed by atoms with Crippen LogP contribution in [0.1, 0.15) is 17.5 Å². The van der Waals surface area contributed by atoms with Crippen molar-refractivity contribution in [3.63, 3.8) is 0 Å². The van der Waals surface area contributed by atoms with Crippen molar-refractivity contribution in [1.82, 2.24) is 0 Å². The summed E-state index contributed by atoms with van der Waals surface area (Å²) in [6.07, 6.45) is 4.12. The Hall–Kier alpha value is -1.63. The fourth-order valence-electron chi connectivity index (χ4n) is 2.38. The second-order valence-electron chi connectivity index (χ2n) is 5.55. The van der Waals surface area contributed by atoms with E-state index in [1.54, 1.807) is 24.3 Å². The smallest absolute Gasteiger partial charge is 0.296 e. The van der Waals surface area contributed by atoms with Crippen LogP contribution in [0.4, 0.5) is 0 Å². The molecule has 1 aliphatic heterocycles. The van der Waals surface area contributed by atoms with Gasteiger partial charge in [-0.15, -0.1) is 0 Å². The number of aryl methyl sites for hydroxylation is 1. The van der Waals surface area contributed by atoms with E-state index in [2.05, 4.69) is 15.9 Å². The van der Waals surface area contributed by atoms with Gasteiger partial charge in [-0.25, -0.2) is 0 Å². The summed E-state index contributed by atoms with van der Waals surface area (Å²) in [6, 6.07) is 12.4. The van der Waals surface area contributed by atoms with Gasteiger partial charge in [0.1, 0.15) is 11.9 Å². The van der Waals surface area contributed by atoms with E-state index in [4.69, 9.17) is 8.92 Å². The lowest BCUT2D eigenvalue weighted by molar-refractivity contribution is 0.197. The summed E-state index contributed by atoms with van der Waals surface area (Å²) >= 11 is 3.46. The summed E-state index contributed by atoms with van der Waals surface area (Å²) in [4.78, 5) is 0.168. The molecule has 0 spiro atoms. The van der Waals surface area contributed by atoms with Crippen LogP contribution in [-0.2, 0) is 14.3 Å². The highest BCUT2D eigenvalue weighted by Crippen LogP contribution is 2.34. The molecule has 0 bridgehead atoms. The minimum atomic E-state index is -3.74. The van der Waals surface area contributed by atoms with Gasteiger partial charge in [0.15, 0.2) is 0 Å². The van der Waals surface area contributed by atoms with Crippen LogP contribution in [0.2, 0.25) is 0 Å². The molecule has 0 aromatic heterocycles. The molecule has 3 rings (SSSR count). The number of rotatable bonds is 5. The quantitative estimate of drug-likeness (QED) is 0.690. The number of halogens is 1. The standard InChI is InChI=1S/C18H17BrO4S/c1-13-5-9-16(10-6-13)24(20,21)22-12-11-15-8-7-14-3-2-4-17(19)18(14)23-15/h2-10,15H,11-12H2,1H3.